The average molecular weight is 578 g/mol. The van der Waals surface area contributed by atoms with E-state index in [0.717, 1.165) is 68.6 Å². The Morgan fingerprint density at radius 2 is 1.91 bits per heavy atom. The largest absolute Gasteiger partial charge is 0.469 e. The number of guanidine groups is 1. The van der Waals surface area contributed by atoms with Gasteiger partial charge in [0.25, 0.3) is 0 Å². The summed E-state index contributed by atoms with van der Waals surface area (Å²) >= 11 is 0. The van der Waals surface area contributed by atoms with Crippen LogP contribution in [0.1, 0.15) is 55.4 Å². The Balaban J connectivity index is 0.00000324. The fourth-order valence-electron chi connectivity index (χ4n) is 4.01. The number of likely N-dealkylation sites (tertiary alicyclic amines) is 1. The molecule has 1 aliphatic heterocycles. The molecule has 1 aromatic carbocycles. The second kappa shape index (κ2) is 13.5. The maximum absolute atomic E-state index is 5.47. The van der Waals surface area contributed by atoms with Gasteiger partial charge in [0.15, 0.2) is 11.7 Å². The molecule has 0 saturated carbocycles. The zero-order valence-corrected chi connectivity index (χ0v) is 22.4. The van der Waals surface area contributed by atoms with Gasteiger partial charge in [0, 0.05) is 44.7 Å². The van der Waals surface area contributed by atoms with Gasteiger partial charge in [0.1, 0.15) is 12.3 Å². The Bertz CT molecular complexity index is 980. The van der Waals surface area contributed by atoms with E-state index in [2.05, 4.69) is 64.9 Å². The lowest BCUT2D eigenvalue weighted by molar-refractivity contribution is 0.198. The fourth-order valence-corrected chi connectivity index (χ4v) is 4.01. The predicted octanol–water partition coefficient (Wildman–Crippen LogP) is 4.95. The number of hydrogen-bond donors (Lipinski definition) is 2. The van der Waals surface area contributed by atoms with E-state index in [9.17, 15) is 0 Å². The molecule has 0 radical (unpaired) electrons. The number of hydrogen-bond acceptors (Lipinski definition) is 5. The molecule has 0 aliphatic carbocycles. The molecule has 1 aliphatic rings. The second-order valence-electron chi connectivity index (χ2n) is 8.97. The minimum absolute atomic E-state index is 0. The number of piperidine rings is 1. The molecular weight excluding hydrogens is 541 g/mol. The molecule has 3 aromatic rings. The lowest BCUT2D eigenvalue weighted by Gasteiger charge is -2.33. The molecule has 3 heterocycles. The topological polar surface area (TPSA) is 78.8 Å². The van der Waals surface area contributed by atoms with Crippen LogP contribution in [0.5, 0.6) is 0 Å². The van der Waals surface area contributed by atoms with Crippen LogP contribution in [-0.4, -0.2) is 41.7 Å². The maximum atomic E-state index is 5.47. The highest BCUT2D eigenvalue weighted by atomic mass is 127. The summed E-state index contributed by atoms with van der Waals surface area (Å²) in [6.45, 7) is 8.59. The Hall–Kier alpha value is -2.33. The van der Waals surface area contributed by atoms with Gasteiger partial charge in [-0.2, -0.15) is 0 Å². The third-order valence-corrected chi connectivity index (χ3v) is 5.98. The smallest absolute Gasteiger partial charge is 0.191 e. The molecular formula is C26H36IN5O2. The number of benzene rings is 1. The fraction of sp³-hybridized carbons (Fsp3) is 0.462. The van der Waals surface area contributed by atoms with Crippen molar-refractivity contribution >= 4 is 29.9 Å². The van der Waals surface area contributed by atoms with Crippen LogP contribution in [0, 0.1) is 0 Å². The van der Waals surface area contributed by atoms with Gasteiger partial charge >= 0.3 is 0 Å². The van der Waals surface area contributed by atoms with Crippen molar-refractivity contribution < 1.29 is 8.94 Å². The summed E-state index contributed by atoms with van der Waals surface area (Å²) in [4.78, 5) is 7.31. The van der Waals surface area contributed by atoms with Crippen molar-refractivity contribution in [1.82, 2.24) is 20.7 Å². The molecule has 0 amide bonds. The quantitative estimate of drug-likeness (QED) is 0.213. The first-order valence-corrected chi connectivity index (χ1v) is 11.9. The third kappa shape index (κ3) is 8.16. The molecule has 1 fully saturated rings. The summed E-state index contributed by atoms with van der Waals surface area (Å²) < 4.78 is 10.9. The molecule has 34 heavy (non-hydrogen) atoms. The maximum Gasteiger partial charge on any atom is 0.191 e. The standard InChI is InChI=1S/C26H35N5O2.HI/c1-20(2)25-17-24(33-30-25)18-28-26(27-13-10-23-9-6-16-32-23)29-22-11-14-31(15-12-22)19-21-7-4-3-5-8-21;/h3-9,16-17,20,22H,10-15,18-19H2,1-2H3,(H2,27,28,29);1H. The molecule has 8 heteroatoms. The number of nitrogens with one attached hydrogen (secondary N) is 2. The van der Waals surface area contributed by atoms with Crippen molar-refractivity contribution in [3.63, 3.8) is 0 Å². The van der Waals surface area contributed by atoms with Crippen molar-refractivity contribution in [2.24, 2.45) is 4.99 Å². The number of nitrogens with zero attached hydrogens (tertiary/aromatic N) is 3. The highest BCUT2D eigenvalue weighted by molar-refractivity contribution is 14.0. The zero-order chi connectivity index (χ0) is 22.9. The van der Waals surface area contributed by atoms with Crippen LogP contribution >= 0.6 is 24.0 Å². The highest BCUT2D eigenvalue weighted by Gasteiger charge is 2.20. The monoisotopic (exact) mass is 577 g/mol. The van der Waals surface area contributed by atoms with Crippen LogP contribution in [0.25, 0.3) is 0 Å². The van der Waals surface area contributed by atoms with Crippen molar-refractivity contribution in [2.75, 3.05) is 19.6 Å². The van der Waals surface area contributed by atoms with E-state index in [1.165, 1.54) is 5.56 Å². The van der Waals surface area contributed by atoms with Crippen molar-refractivity contribution in [3.05, 3.63) is 77.6 Å². The highest BCUT2D eigenvalue weighted by Crippen LogP contribution is 2.16. The SMILES string of the molecule is CC(C)c1cc(CN=C(NCCc2ccco2)NC2CCN(Cc3ccccc3)CC2)on1.I. The normalized spacial score (nSPS) is 15.3. The first-order valence-electron chi connectivity index (χ1n) is 11.9. The van der Waals surface area contributed by atoms with E-state index in [-0.39, 0.29) is 24.0 Å². The summed E-state index contributed by atoms with van der Waals surface area (Å²) in [5, 5.41) is 11.2. The second-order valence-corrected chi connectivity index (χ2v) is 8.97. The number of aromatic nitrogens is 1. The van der Waals surface area contributed by atoms with Gasteiger partial charge in [-0.1, -0.05) is 49.3 Å². The van der Waals surface area contributed by atoms with Gasteiger partial charge in [-0.25, -0.2) is 4.99 Å². The van der Waals surface area contributed by atoms with Gasteiger partial charge in [0.05, 0.1) is 12.0 Å². The Labute approximate surface area is 219 Å². The van der Waals surface area contributed by atoms with Gasteiger partial charge in [-0.3, -0.25) is 4.90 Å². The summed E-state index contributed by atoms with van der Waals surface area (Å²) in [6, 6.07) is 17.0. The molecule has 0 spiro atoms. The molecule has 7 nitrogen and oxygen atoms in total. The van der Waals surface area contributed by atoms with Crippen LogP contribution in [-0.2, 0) is 19.5 Å². The summed E-state index contributed by atoms with van der Waals surface area (Å²) in [6.07, 6.45) is 4.70. The summed E-state index contributed by atoms with van der Waals surface area (Å²) in [5.74, 6) is 2.90. The van der Waals surface area contributed by atoms with E-state index in [1.54, 1.807) is 6.26 Å². The Morgan fingerprint density at radius 3 is 2.59 bits per heavy atom. The van der Waals surface area contributed by atoms with Crippen LogP contribution in [0.2, 0.25) is 0 Å². The van der Waals surface area contributed by atoms with Crippen molar-refractivity contribution in [1.29, 1.82) is 0 Å². The summed E-state index contributed by atoms with van der Waals surface area (Å²) in [5.41, 5.74) is 2.34. The van der Waals surface area contributed by atoms with Crippen molar-refractivity contribution in [3.8, 4) is 0 Å². The van der Waals surface area contributed by atoms with Gasteiger partial charge in [0.2, 0.25) is 0 Å². The van der Waals surface area contributed by atoms with E-state index in [0.29, 0.717) is 18.5 Å². The van der Waals surface area contributed by atoms with Crippen LogP contribution in [0.4, 0.5) is 0 Å². The third-order valence-electron chi connectivity index (χ3n) is 5.98. The number of furan rings is 1. The van der Waals surface area contributed by atoms with Crippen LogP contribution in [0.3, 0.4) is 0 Å². The molecule has 4 rings (SSSR count). The number of aliphatic imine (C=N–C) groups is 1. The van der Waals surface area contributed by atoms with Crippen LogP contribution in [0.15, 0.2) is 68.7 Å². The van der Waals surface area contributed by atoms with E-state index in [4.69, 9.17) is 13.9 Å². The lowest BCUT2D eigenvalue weighted by atomic mass is 10.0. The molecule has 2 N–H and O–H groups in total. The molecule has 184 valence electrons. The predicted molar refractivity (Wildman–Crippen MR) is 145 cm³/mol. The Kier molecular flexibility index (Phi) is 10.5. The van der Waals surface area contributed by atoms with E-state index in [1.807, 2.05) is 18.2 Å². The first kappa shape index (κ1) is 26.3. The van der Waals surface area contributed by atoms with Crippen LogP contribution < -0.4 is 10.6 Å². The van der Waals surface area contributed by atoms with Gasteiger partial charge in [-0.05, 0) is 36.5 Å². The van der Waals surface area contributed by atoms with E-state index >= 15 is 0 Å². The Morgan fingerprint density at radius 1 is 1.12 bits per heavy atom. The number of halogens is 1. The average Bonchev–Trinajstić information content (AvgIpc) is 3.52. The molecule has 0 bridgehead atoms. The molecule has 1 saturated heterocycles. The molecule has 0 unspecified atom stereocenters. The minimum Gasteiger partial charge on any atom is -0.469 e. The van der Waals surface area contributed by atoms with E-state index < -0.39 is 0 Å². The summed E-state index contributed by atoms with van der Waals surface area (Å²) in [7, 11) is 0. The van der Waals surface area contributed by atoms with Gasteiger partial charge < -0.3 is 19.6 Å². The molecule has 2 aromatic heterocycles. The minimum atomic E-state index is 0. The van der Waals surface area contributed by atoms with Crippen molar-refractivity contribution in [2.45, 2.75) is 58.2 Å². The first-order chi connectivity index (χ1) is 16.2. The molecule has 0 atom stereocenters. The lowest BCUT2D eigenvalue weighted by Crippen LogP contribution is -2.48. The van der Waals surface area contributed by atoms with Gasteiger partial charge in [-0.15, -0.1) is 24.0 Å². The number of rotatable bonds is 9. The zero-order valence-electron chi connectivity index (χ0n) is 20.1.